The van der Waals surface area contributed by atoms with Crippen molar-refractivity contribution in [1.82, 2.24) is 0 Å². The Bertz CT molecular complexity index is 377. The molecule has 0 N–H and O–H groups in total. The molecule has 0 aromatic rings. The number of nitrogens with zero attached hydrogens (tertiary/aromatic N) is 2. The van der Waals surface area contributed by atoms with Gasteiger partial charge in [-0.25, -0.2) is 0 Å². The number of quaternary nitrogens is 2. The molecule has 0 amide bonds. The summed E-state index contributed by atoms with van der Waals surface area (Å²) in [7, 11) is 0. The monoisotopic (exact) mass is 465 g/mol. The van der Waals surface area contributed by atoms with E-state index in [1.807, 2.05) is 0 Å². The molecule has 1 aliphatic rings. The van der Waals surface area contributed by atoms with Gasteiger partial charge >= 0.3 is 170 Å². The van der Waals surface area contributed by atoms with Gasteiger partial charge in [0.1, 0.15) is 0 Å². The Labute approximate surface area is 169 Å². The van der Waals surface area contributed by atoms with E-state index < -0.39 is 0 Å². The Morgan fingerprint density at radius 3 is 1.84 bits per heavy atom. The van der Waals surface area contributed by atoms with E-state index in [0.717, 1.165) is 0 Å². The molecule has 1 atom stereocenters. The fraction of sp³-hybridized carbons (Fsp3) is 0.909. The molecule has 0 saturated carbocycles. The van der Waals surface area contributed by atoms with Gasteiger partial charge in [-0.05, 0) is 0 Å². The first-order valence-electron chi connectivity index (χ1n) is 11.0. The van der Waals surface area contributed by atoms with Gasteiger partial charge in [0.15, 0.2) is 0 Å². The molecule has 150 valence electrons. The quantitative estimate of drug-likeness (QED) is 0.129. The first-order chi connectivity index (χ1) is 12.0. The normalized spacial score (nSPS) is 21.8. The molecule has 0 saturated heterocycles. The Morgan fingerprint density at radius 2 is 1.40 bits per heavy atom. The summed E-state index contributed by atoms with van der Waals surface area (Å²) in [6.45, 7) is 23.8. The third-order valence-electron chi connectivity index (χ3n) is 7.24. The van der Waals surface area contributed by atoms with Crippen LogP contribution in [0.2, 0.25) is 0 Å². The molecule has 1 unspecified atom stereocenters. The maximum absolute atomic E-state index is 2.50. The minimum atomic E-state index is 0.296. The topological polar surface area (TPSA) is 0 Å². The molecule has 1 rings (SSSR count). The van der Waals surface area contributed by atoms with Gasteiger partial charge < -0.3 is 0 Å². The molecule has 0 heterocycles. The van der Waals surface area contributed by atoms with Crippen LogP contribution in [0.1, 0.15) is 73.6 Å². The van der Waals surface area contributed by atoms with Crippen LogP contribution < -0.4 is 21.5 Å². The zero-order valence-electron chi connectivity index (χ0n) is 18.1. The molecule has 0 radical (unpaired) electrons. The predicted octanol–water partition coefficient (Wildman–Crippen LogP) is 2.25. The van der Waals surface area contributed by atoms with Gasteiger partial charge in [-0.2, -0.15) is 0 Å². The van der Waals surface area contributed by atoms with E-state index in [9.17, 15) is 0 Å². The summed E-state index contributed by atoms with van der Waals surface area (Å²) >= 11 is 0.296. The molecule has 3 heteroatoms. The molecule has 0 bridgehead atoms. The van der Waals surface area contributed by atoms with E-state index in [4.69, 9.17) is 0 Å². The van der Waals surface area contributed by atoms with Gasteiger partial charge in [-0.1, -0.05) is 0 Å². The van der Waals surface area contributed by atoms with Gasteiger partial charge in [-0.3, -0.25) is 0 Å². The molecule has 0 aromatic heterocycles. The van der Waals surface area contributed by atoms with Crippen molar-refractivity contribution in [2.24, 2.45) is 5.41 Å². The van der Waals surface area contributed by atoms with Crippen LogP contribution in [-0.2, 0) is 0 Å². The van der Waals surface area contributed by atoms with Gasteiger partial charge in [0, 0.05) is 0 Å². The molecule has 0 fully saturated rings. The Hall–Kier alpha value is 0.390. The maximum atomic E-state index is 2.50. The summed E-state index contributed by atoms with van der Waals surface area (Å²) in [5, 5.41) is 0. The van der Waals surface area contributed by atoms with Crippen LogP contribution in [-0.4, -0.2) is 57.4 Å². The minimum absolute atomic E-state index is 0.296. The van der Waals surface area contributed by atoms with Crippen molar-refractivity contribution in [2.75, 3.05) is 50.2 Å². The molecular weight excluding hydrogens is 419 g/mol. The Kier molecular flexibility index (Phi) is 10.6. The summed E-state index contributed by atoms with van der Waals surface area (Å²) in [6, 6.07) is 0. The SMILES string of the molecule is CC[I-][N+](CC)(CC)CCC1(CC[N+](CC)(CC)CC)CC=CCC1. The summed E-state index contributed by atoms with van der Waals surface area (Å²) < 4.78 is 4.18. The van der Waals surface area contributed by atoms with Crippen LogP contribution in [0.3, 0.4) is 0 Å². The van der Waals surface area contributed by atoms with Crippen molar-refractivity contribution in [3.63, 3.8) is 0 Å². The molecular formula is C22H46IN2+. The van der Waals surface area contributed by atoms with E-state index in [0.29, 0.717) is 26.9 Å². The van der Waals surface area contributed by atoms with Crippen LogP contribution in [0.15, 0.2) is 12.2 Å². The average molecular weight is 466 g/mol. The second kappa shape index (κ2) is 11.3. The molecule has 0 aromatic carbocycles. The summed E-state index contributed by atoms with van der Waals surface area (Å²) in [4.78, 5) is 0. The van der Waals surface area contributed by atoms with Gasteiger partial charge in [-0.15, -0.1) is 0 Å². The Balaban J connectivity index is 2.83. The second-order valence-electron chi connectivity index (χ2n) is 8.00. The van der Waals surface area contributed by atoms with Crippen LogP contribution in [0.5, 0.6) is 0 Å². The number of halogens is 1. The van der Waals surface area contributed by atoms with E-state index >= 15 is 0 Å². The van der Waals surface area contributed by atoms with Crippen molar-refractivity contribution >= 4 is 0 Å². The second-order valence-corrected chi connectivity index (χ2v) is 12.3. The summed E-state index contributed by atoms with van der Waals surface area (Å²) in [6.07, 6.45) is 11.9. The van der Waals surface area contributed by atoms with Crippen LogP contribution >= 0.6 is 0 Å². The first kappa shape index (κ1) is 23.4. The van der Waals surface area contributed by atoms with Gasteiger partial charge in [0.25, 0.3) is 0 Å². The summed E-state index contributed by atoms with van der Waals surface area (Å²) in [5.41, 5.74) is 0.586. The van der Waals surface area contributed by atoms with Crippen LogP contribution in [0.4, 0.5) is 0 Å². The standard InChI is InChI=1S/C22H46IN2/c1-7-23-25(11-5,12-6)21-19-22(16-14-13-15-17-22)18-20-24(8-2,9-3)10-4/h13-14H,7-12,15-21H2,1-6H3/q+1. The molecule has 2 nitrogen and oxygen atoms in total. The fourth-order valence-electron chi connectivity index (χ4n) is 4.60. The summed E-state index contributed by atoms with van der Waals surface area (Å²) in [5.74, 6) is 0. The van der Waals surface area contributed by atoms with Crippen molar-refractivity contribution in [2.45, 2.75) is 73.6 Å². The van der Waals surface area contributed by atoms with Crippen molar-refractivity contribution in [3.05, 3.63) is 12.2 Å². The zero-order chi connectivity index (χ0) is 18.8. The molecule has 1 aliphatic carbocycles. The number of hydrogen-bond acceptors (Lipinski definition) is 0. The first-order valence-corrected chi connectivity index (χ1v) is 13.4. The van der Waals surface area contributed by atoms with Crippen molar-refractivity contribution in [1.29, 1.82) is 0 Å². The fourth-order valence-corrected chi connectivity index (χ4v) is 7.60. The van der Waals surface area contributed by atoms with E-state index in [1.54, 1.807) is 0 Å². The zero-order valence-corrected chi connectivity index (χ0v) is 20.3. The van der Waals surface area contributed by atoms with Crippen LogP contribution in [0.25, 0.3) is 0 Å². The number of hydrogen-bond donors (Lipinski definition) is 0. The number of allylic oxidation sites excluding steroid dienone is 2. The van der Waals surface area contributed by atoms with Gasteiger partial charge in [0.05, 0.1) is 0 Å². The number of rotatable bonds is 13. The third-order valence-corrected chi connectivity index (χ3v) is 11.2. The van der Waals surface area contributed by atoms with Crippen molar-refractivity contribution in [3.8, 4) is 0 Å². The van der Waals surface area contributed by atoms with Crippen LogP contribution in [0, 0.1) is 5.41 Å². The van der Waals surface area contributed by atoms with E-state index in [1.165, 1.54) is 89.5 Å². The molecule has 0 aliphatic heterocycles. The van der Waals surface area contributed by atoms with Gasteiger partial charge in [0.2, 0.25) is 0 Å². The Morgan fingerprint density at radius 1 is 0.800 bits per heavy atom. The average Bonchev–Trinajstić information content (AvgIpc) is 2.68. The molecule has 25 heavy (non-hydrogen) atoms. The predicted molar refractivity (Wildman–Crippen MR) is 108 cm³/mol. The van der Waals surface area contributed by atoms with Crippen molar-refractivity contribution < 1.29 is 28.7 Å². The van der Waals surface area contributed by atoms with E-state index in [2.05, 4.69) is 53.7 Å². The molecule has 0 spiro atoms. The van der Waals surface area contributed by atoms with E-state index in [-0.39, 0.29) is 0 Å². The third kappa shape index (κ3) is 6.49. The number of alkyl halides is 1.